The number of fused-ring (bicyclic) bond motifs is 2. The molecule has 0 amide bonds. The number of benzene rings is 3. The van der Waals surface area contributed by atoms with Gasteiger partial charge >= 0.3 is 0 Å². The first-order chi connectivity index (χ1) is 17.8. The molecule has 188 valence electrons. The molecule has 6 heteroatoms. The zero-order valence-corrected chi connectivity index (χ0v) is 21.8. The molecule has 6 rings (SSSR count). The van der Waals surface area contributed by atoms with Crippen LogP contribution in [-0.4, -0.2) is 45.5 Å². The molecule has 2 aliphatic rings. The van der Waals surface area contributed by atoms with E-state index in [1.165, 1.54) is 33.5 Å². The monoisotopic (exact) mass is 509 g/mol. The first kappa shape index (κ1) is 25.2. The van der Waals surface area contributed by atoms with Gasteiger partial charge in [-0.3, -0.25) is 9.80 Å². The van der Waals surface area contributed by atoms with Crippen LogP contribution in [0.25, 0.3) is 0 Å². The summed E-state index contributed by atoms with van der Waals surface area (Å²) in [6.45, 7) is 5.87. The predicted molar refractivity (Wildman–Crippen MR) is 149 cm³/mol. The van der Waals surface area contributed by atoms with Gasteiger partial charge < -0.3 is 4.57 Å². The Balaban J connectivity index is 0.00000280. The number of nitriles is 1. The Bertz CT molecular complexity index is 1330. The molecular weight excluding hydrogens is 478 g/mol. The highest BCUT2D eigenvalue weighted by molar-refractivity contribution is 5.85. The fourth-order valence-corrected chi connectivity index (χ4v) is 5.80. The van der Waals surface area contributed by atoms with E-state index in [0.717, 1.165) is 52.1 Å². The average molecular weight is 510 g/mol. The number of hydrogen-bond donors (Lipinski definition) is 0. The summed E-state index contributed by atoms with van der Waals surface area (Å²) in [4.78, 5) is 9.68. The van der Waals surface area contributed by atoms with Crippen LogP contribution in [0.1, 0.15) is 45.1 Å². The fraction of sp³-hybridized carbons (Fsp3) is 0.290. The largest absolute Gasteiger partial charge is 0.329 e. The van der Waals surface area contributed by atoms with E-state index in [1.54, 1.807) is 0 Å². The van der Waals surface area contributed by atoms with Gasteiger partial charge in [-0.05, 0) is 52.8 Å². The zero-order chi connectivity index (χ0) is 24.3. The SMILES string of the molecule is Cl.N#Cc1ccc(Cn2cncc2CN2CCN(C3c4ccccc4CCc4ccccc43)CC2)cc1. The second-order valence-corrected chi connectivity index (χ2v) is 9.93. The normalized spacial score (nSPS) is 16.2. The van der Waals surface area contributed by atoms with Gasteiger partial charge in [0, 0.05) is 45.5 Å². The first-order valence-corrected chi connectivity index (χ1v) is 12.9. The van der Waals surface area contributed by atoms with Crippen molar-refractivity contribution in [2.75, 3.05) is 26.2 Å². The molecule has 0 saturated carbocycles. The molecule has 0 unspecified atom stereocenters. The van der Waals surface area contributed by atoms with E-state index >= 15 is 0 Å². The summed E-state index contributed by atoms with van der Waals surface area (Å²) in [5, 5.41) is 9.05. The predicted octanol–water partition coefficient (Wildman–Crippen LogP) is 5.23. The third-order valence-corrected chi connectivity index (χ3v) is 7.76. The summed E-state index contributed by atoms with van der Waals surface area (Å²) in [6, 6.07) is 28.5. The van der Waals surface area contributed by atoms with Crippen molar-refractivity contribution in [2.45, 2.75) is 32.0 Å². The maximum absolute atomic E-state index is 9.05. The van der Waals surface area contributed by atoms with Gasteiger partial charge in [0.25, 0.3) is 0 Å². The molecule has 1 fully saturated rings. The van der Waals surface area contributed by atoms with Gasteiger partial charge in [-0.2, -0.15) is 5.26 Å². The summed E-state index contributed by atoms with van der Waals surface area (Å²) in [5.41, 5.74) is 9.07. The molecule has 1 aromatic heterocycles. The van der Waals surface area contributed by atoms with Gasteiger partial charge in [-0.15, -0.1) is 12.4 Å². The number of aromatic nitrogens is 2. The lowest BCUT2D eigenvalue weighted by Crippen LogP contribution is -2.47. The zero-order valence-electron chi connectivity index (χ0n) is 21.0. The lowest BCUT2D eigenvalue weighted by molar-refractivity contribution is 0.103. The summed E-state index contributed by atoms with van der Waals surface area (Å²) in [7, 11) is 0. The Hall–Kier alpha value is -3.43. The summed E-state index contributed by atoms with van der Waals surface area (Å²) < 4.78 is 2.23. The summed E-state index contributed by atoms with van der Waals surface area (Å²) in [6.07, 6.45) is 6.15. The third kappa shape index (κ3) is 5.33. The summed E-state index contributed by atoms with van der Waals surface area (Å²) in [5.74, 6) is 0. The lowest BCUT2D eigenvalue weighted by Gasteiger charge is -2.40. The fourth-order valence-electron chi connectivity index (χ4n) is 5.80. The Morgan fingerprint density at radius 2 is 1.41 bits per heavy atom. The van der Waals surface area contributed by atoms with Crippen LogP contribution in [0, 0.1) is 11.3 Å². The molecule has 1 aliphatic heterocycles. The van der Waals surface area contributed by atoms with Crippen molar-refractivity contribution in [1.29, 1.82) is 5.26 Å². The van der Waals surface area contributed by atoms with Crippen molar-refractivity contribution in [3.8, 4) is 6.07 Å². The van der Waals surface area contributed by atoms with Crippen LogP contribution >= 0.6 is 12.4 Å². The van der Waals surface area contributed by atoms with Crippen molar-refractivity contribution in [1.82, 2.24) is 19.4 Å². The van der Waals surface area contributed by atoms with Crippen molar-refractivity contribution >= 4 is 12.4 Å². The molecule has 0 spiro atoms. The molecule has 1 saturated heterocycles. The Morgan fingerprint density at radius 1 is 0.784 bits per heavy atom. The average Bonchev–Trinajstić information content (AvgIpc) is 3.28. The molecule has 0 N–H and O–H groups in total. The molecule has 4 aromatic rings. The Labute approximate surface area is 225 Å². The van der Waals surface area contributed by atoms with E-state index in [1.807, 2.05) is 36.8 Å². The van der Waals surface area contributed by atoms with Gasteiger partial charge in [0.2, 0.25) is 0 Å². The molecule has 0 atom stereocenters. The molecule has 0 bridgehead atoms. The topological polar surface area (TPSA) is 48.1 Å². The number of halogens is 1. The van der Waals surface area contributed by atoms with E-state index in [0.29, 0.717) is 11.6 Å². The molecule has 2 heterocycles. The van der Waals surface area contributed by atoms with E-state index in [2.05, 4.69) is 74.0 Å². The Morgan fingerprint density at radius 3 is 2.03 bits per heavy atom. The third-order valence-electron chi connectivity index (χ3n) is 7.76. The number of aryl methyl sites for hydroxylation is 2. The summed E-state index contributed by atoms with van der Waals surface area (Å²) >= 11 is 0. The number of hydrogen-bond acceptors (Lipinski definition) is 4. The van der Waals surface area contributed by atoms with E-state index in [9.17, 15) is 0 Å². The highest BCUT2D eigenvalue weighted by Gasteiger charge is 2.31. The van der Waals surface area contributed by atoms with Gasteiger partial charge in [-0.25, -0.2) is 4.98 Å². The number of piperazine rings is 1. The molecule has 0 radical (unpaired) electrons. The maximum atomic E-state index is 9.05. The van der Waals surface area contributed by atoms with Crippen LogP contribution in [0.3, 0.4) is 0 Å². The van der Waals surface area contributed by atoms with E-state index in [-0.39, 0.29) is 12.4 Å². The highest BCUT2D eigenvalue weighted by Crippen LogP contribution is 2.37. The smallest absolute Gasteiger partial charge is 0.0991 e. The maximum Gasteiger partial charge on any atom is 0.0991 e. The van der Waals surface area contributed by atoms with E-state index in [4.69, 9.17) is 5.26 Å². The van der Waals surface area contributed by atoms with Gasteiger partial charge in [0.15, 0.2) is 0 Å². The standard InChI is InChI=1S/C31H31N5.ClH/c32-19-24-9-11-25(12-10-24)21-36-23-33-20-28(36)22-34-15-17-35(18-16-34)31-29-7-3-1-5-26(29)13-14-27-6-2-4-8-30(27)31;/h1-12,20,23,31H,13-18,21-22H2;1H. The lowest BCUT2D eigenvalue weighted by atomic mass is 9.92. The van der Waals surface area contributed by atoms with Crippen molar-refractivity contribution < 1.29 is 0 Å². The minimum absolute atomic E-state index is 0. The Kier molecular flexibility index (Phi) is 7.71. The second-order valence-electron chi connectivity index (χ2n) is 9.93. The van der Waals surface area contributed by atoms with Crippen molar-refractivity contribution in [3.63, 3.8) is 0 Å². The quantitative estimate of drug-likeness (QED) is 0.369. The molecule has 37 heavy (non-hydrogen) atoms. The van der Waals surface area contributed by atoms with Crippen LogP contribution in [0.4, 0.5) is 0 Å². The molecular formula is C31H32ClN5. The van der Waals surface area contributed by atoms with Crippen molar-refractivity contribution in [3.05, 3.63) is 124 Å². The van der Waals surface area contributed by atoms with Crippen molar-refractivity contribution in [2.24, 2.45) is 0 Å². The van der Waals surface area contributed by atoms with Gasteiger partial charge in [0.05, 0.1) is 29.7 Å². The minimum atomic E-state index is 0. The van der Waals surface area contributed by atoms with Gasteiger partial charge in [-0.1, -0.05) is 60.7 Å². The number of nitrogens with zero attached hydrogens (tertiary/aromatic N) is 5. The first-order valence-electron chi connectivity index (χ1n) is 12.9. The van der Waals surface area contributed by atoms with Crippen LogP contribution < -0.4 is 0 Å². The van der Waals surface area contributed by atoms with Crippen LogP contribution in [-0.2, 0) is 25.9 Å². The van der Waals surface area contributed by atoms with Crippen LogP contribution in [0.15, 0.2) is 85.3 Å². The highest BCUT2D eigenvalue weighted by atomic mass is 35.5. The molecule has 5 nitrogen and oxygen atoms in total. The van der Waals surface area contributed by atoms with E-state index < -0.39 is 0 Å². The van der Waals surface area contributed by atoms with Crippen LogP contribution in [0.2, 0.25) is 0 Å². The minimum Gasteiger partial charge on any atom is -0.329 e. The number of imidazole rings is 1. The van der Waals surface area contributed by atoms with Crippen LogP contribution in [0.5, 0.6) is 0 Å². The second kappa shape index (κ2) is 11.3. The molecule has 3 aromatic carbocycles. The van der Waals surface area contributed by atoms with Gasteiger partial charge in [0.1, 0.15) is 0 Å². The number of rotatable bonds is 5. The molecule has 1 aliphatic carbocycles.